The molecule has 4 aromatic rings. The monoisotopic (exact) mass is 740 g/mol. The lowest BCUT2D eigenvalue weighted by Gasteiger charge is -2.27. The summed E-state index contributed by atoms with van der Waals surface area (Å²) in [6.07, 6.45) is 15.5. The summed E-state index contributed by atoms with van der Waals surface area (Å²) in [7, 11) is 0. The largest absolute Gasteiger partial charge is 0.493 e. The molecule has 1 aromatic carbocycles. The first-order valence-corrected chi connectivity index (χ1v) is 18.9. The molecule has 50 heavy (non-hydrogen) atoms. The Hall–Kier alpha value is -3.99. The van der Waals surface area contributed by atoms with Gasteiger partial charge in [-0.3, -0.25) is 19.1 Å². The van der Waals surface area contributed by atoms with Gasteiger partial charge in [-0.2, -0.15) is 5.10 Å². The first-order valence-electron chi connectivity index (χ1n) is 18.1. The summed E-state index contributed by atoms with van der Waals surface area (Å²) in [6.45, 7) is 5.76. The number of carbonyl (C=O) groups is 3. The van der Waals surface area contributed by atoms with Crippen molar-refractivity contribution < 1.29 is 19.1 Å². The van der Waals surface area contributed by atoms with E-state index in [2.05, 4.69) is 30.9 Å². The number of halogens is 1. The van der Waals surface area contributed by atoms with Crippen LogP contribution in [0.1, 0.15) is 105 Å². The van der Waals surface area contributed by atoms with E-state index in [0.717, 1.165) is 54.5 Å². The summed E-state index contributed by atoms with van der Waals surface area (Å²) in [5, 5.41) is 5.36. The lowest BCUT2D eigenvalue weighted by molar-refractivity contribution is -0.139. The standard InChI is InChI=1S/C39H45BrN6O4/c1-24-12-13-36(40)43-30(24)17-33(48)32-19-39-14-10-8-6-4-5-7-9-11-15-50-34-18-31-29(16-28(34)27-21-41-26(3)42-22-27)38(25(2)47)44-45(31)23-37(49)46(32)35(39)20-39/h12-13,16,18,21-22,32,35H,4-11,14-15,17,19-20,23H2,1-3H3/t32-,35+,39-/m0/s1. The van der Waals surface area contributed by atoms with Crippen LogP contribution in [0.4, 0.5) is 0 Å². The lowest BCUT2D eigenvalue weighted by Crippen LogP contribution is -2.45. The number of piperidine rings is 1. The van der Waals surface area contributed by atoms with Crippen molar-refractivity contribution in [1.29, 1.82) is 0 Å². The number of aromatic nitrogens is 5. The molecule has 0 N–H and O–H groups in total. The Bertz CT molecular complexity index is 1940. The number of pyridine rings is 1. The van der Waals surface area contributed by atoms with E-state index in [1.807, 2.05) is 43.0 Å². The van der Waals surface area contributed by atoms with Crippen molar-refractivity contribution in [2.75, 3.05) is 6.61 Å². The maximum Gasteiger partial charge on any atom is 0.245 e. The first-order chi connectivity index (χ1) is 24.1. The van der Waals surface area contributed by atoms with Gasteiger partial charge in [-0.25, -0.2) is 15.0 Å². The second-order valence-electron chi connectivity index (χ2n) is 14.5. The zero-order valence-corrected chi connectivity index (χ0v) is 30.8. The smallest absolute Gasteiger partial charge is 0.245 e. The molecule has 1 saturated carbocycles. The molecule has 1 amide bonds. The molecule has 0 unspecified atom stereocenters. The molecule has 0 radical (unpaired) electrons. The number of benzene rings is 1. The van der Waals surface area contributed by atoms with Gasteiger partial charge in [0.2, 0.25) is 5.91 Å². The summed E-state index contributed by atoms with van der Waals surface area (Å²) in [4.78, 5) is 56.8. The molecule has 7 rings (SSSR count). The van der Waals surface area contributed by atoms with Crippen LogP contribution in [0, 0.1) is 19.3 Å². The Morgan fingerprint density at radius 3 is 2.44 bits per heavy atom. The SMILES string of the molecule is CC(=O)c1nn2c3cc(c(-c4cnc(C)nc4)cc13)OCCCCCCCCCC[C@@]13C[C@@H](C(=O)Cc4nc(Br)ccc4C)N(C(=O)C2)[C@@H]1C3. The summed E-state index contributed by atoms with van der Waals surface area (Å²) < 4.78 is 8.74. The molecule has 262 valence electrons. The molecule has 3 aliphatic rings. The van der Waals surface area contributed by atoms with E-state index >= 15 is 0 Å². The Morgan fingerprint density at radius 2 is 1.70 bits per heavy atom. The van der Waals surface area contributed by atoms with Crippen LogP contribution < -0.4 is 4.74 Å². The summed E-state index contributed by atoms with van der Waals surface area (Å²) >= 11 is 3.45. The molecule has 4 bridgehead atoms. The molecule has 2 aliphatic heterocycles. The minimum Gasteiger partial charge on any atom is -0.493 e. The number of hydrogen-bond donors (Lipinski definition) is 0. The van der Waals surface area contributed by atoms with Crippen molar-refractivity contribution in [2.45, 2.75) is 116 Å². The molecule has 10 nitrogen and oxygen atoms in total. The van der Waals surface area contributed by atoms with Gasteiger partial charge < -0.3 is 9.64 Å². The van der Waals surface area contributed by atoms with Gasteiger partial charge in [0.25, 0.3) is 0 Å². The highest BCUT2D eigenvalue weighted by atomic mass is 79.9. The highest BCUT2D eigenvalue weighted by Gasteiger charge is 2.66. The number of fused-ring (bicyclic) bond motifs is 1. The molecule has 5 heterocycles. The van der Waals surface area contributed by atoms with Crippen LogP contribution >= 0.6 is 15.9 Å². The van der Waals surface area contributed by atoms with Gasteiger partial charge in [-0.1, -0.05) is 51.0 Å². The van der Waals surface area contributed by atoms with Crippen LogP contribution in [0.3, 0.4) is 0 Å². The summed E-state index contributed by atoms with van der Waals surface area (Å²) in [5.74, 6) is 0.967. The average Bonchev–Trinajstić information content (AvgIpc) is 3.51. The van der Waals surface area contributed by atoms with Gasteiger partial charge in [0.05, 0.1) is 30.3 Å². The van der Waals surface area contributed by atoms with Gasteiger partial charge in [0.1, 0.15) is 28.4 Å². The number of amides is 1. The molecule has 11 heteroatoms. The fourth-order valence-electron chi connectivity index (χ4n) is 8.12. The topological polar surface area (TPSA) is 120 Å². The maximum atomic E-state index is 14.5. The molecule has 0 spiro atoms. The van der Waals surface area contributed by atoms with Crippen LogP contribution in [0.2, 0.25) is 0 Å². The van der Waals surface area contributed by atoms with Crippen molar-refractivity contribution >= 4 is 44.3 Å². The van der Waals surface area contributed by atoms with Crippen molar-refractivity contribution in [2.24, 2.45) is 5.41 Å². The van der Waals surface area contributed by atoms with Crippen LogP contribution in [-0.4, -0.2) is 65.8 Å². The number of ether oxygens (including phenoxy) is 1. The van der Waals surface area contributed by atoms with E-state index in [4.69, 9.17) is 9.84 Å². The second kappa shape index (κ2) is 14.3. The summed E-state index contributed by atoms with van der Waals surface area (Å²) in [5.41, 5.74) is 4.15. The van der Waals surface area contributed by atoms with Gasteiger partial charge in [0.15, 0.2) is 11.6 Å². The number of aryl methyl sites for hydroxylation is 2. The molecule has 3 atom stereocenters. The van der Waals surface area contributed by atoms with E-state index in [0.29, 0.717) is 40.1 Å². The third kappa shape index (κ3) is 6.98. The predicted octanol–water partition coefficient (Wildman–Crippen LogP) is 7.54. The van der Waals surface area contributed by atoms with Gasteiger partial charge in [0, 0.05) is 47.9 Å². The summed E-state index contributed by atoms with van der Waals surface area (Å²) in [6, 6.07) is 7.16. The first kappa shape index (κ1) is 34.5. The Kier molecular flexibility index (Phi) is 9.87. The minimum absolute atomic E-state index is 0.0146. The normalized spacial score (nSPS) is 23.0. The number of Topliss-reactive ketones (excluding diaryl/α,β-unsaturated/α-hetero) is 2. The van der Waals surface area contributed by atoms with Crippen molar-refractivity contribution in [3.8, 4) is 16.9 Å². The fraction of sp³-hybridized carbons (Fsp3) is 0.513. The Labute approximate surface area is 301 Å². The van der Waals surface area contributed by atoms with Crippen molar-refractivity contribution in [3.05, 3.63) is 64.0 Å². The molecule has 1 aliphatic carbocycles. The second-order valence-corrected chi connectivity index (χ2v) is 15.3. The van der Waals surface area contributed by atoms with Crippen LogP contribution in [0.25, 0.3) is 22.0 Å². The highest BCUT2D eigenvalue weighted by Crippen LogP contribution is 2.62. The van der Waals surface area contributed by atoms with Gasteiger partial charge >= 0.3 is 0 Å². The number of carbonyl (C=O) groups excluding carboxylic acids is 3. The van der Waals surface area contributed by atoms with Crippen LogP contribution in [0.15, 0.2) is 41.3 Å². The van der Waals surface area contributed by atoms with E-state index in [9.17, 15) is 14.4 Å². The van der Waals surface area contributed by atoms with Crippen LogP contribution in [-0.2, 0) is 22.6 Å². The molecule has 3 aromatic heterocycles. The number of hydrogen-bond acceptors (Lipinski definition) is 8. The third-order valence-electron chi connectivity index (χ3n) is 11.0. The quantitative estimate of drug-likeness (QED) is 0.152. The zero-order valence-electron chi connectivity index (χ0n) is 29.2. The van der Waals surface area contributed by atoms with E-state index in [1.165, 1.54) is 39.0 Å². The predicted molar refractivity (Wildman–Crippen MR) is 194 cm³/mol. The maximum absolute atomic E-state index is 14.5. The van der Waals surface area contributed by atoms with E-state index in [-0.39, 0.29) is 47.6 Å². The Balaban J connectivity index is 1.26. The Morgan fingerprint density at radius 1 is 0.980 bits per heavy atom. The molecular formula is C39H45BrN6O4. The third-order valence-corrected chi connectivity index (χ3v) is 11.4. The molecule has 1 saturated heterocycles. The fourth-order valence-corrected chi connectivity index (χ4v) is 8.47. The molecular weight excluding hydrogens is 696 g/mol. The van der Waals surface area contributed by atoms with Crippen molar-refractivity contribution in [3.63, 3.8) is 0 Å². The molecule has 2 fully saturated rings. The van der Waals surface area contributed by atoms with E-state index < -0.39 is 6.04 Å². The average molecular weight is 742 g/mol. The number of nitrogens with zero attached hydrogens (tertiary/aromatic N) is 6. The lowest BCUT2D eigenvalue weighted by atomic mass is 9.90. The zero-order chi connectivity index (χ0) is 35.0. The van der Waals surface area contributed by atoms with E-state index in [1.54, 1.807) is 17.1 Å². The van der Waals surface area contributed by atoms with Gasteiger partial charge in [-0.15, -0.1) is 0 Å². The highest BCUT2D eigenvalue weighted by molar-refractivity contribution is 9.10. The minimum atomic E-state index is -0.517. The van der Waals surface area contributed by atoms with Crippen LogP contribution in [0.5, 0.6) is 5.75 Å². The van der Waals surface area contributed by atoms with Gasteiger partial charge in [-0.05, 0) is 78.6 Å². The number of rotatable bonds is 5. The number of ketones is 2. The van der Waals surface area contributed by atoms with Crippen molar-refractivity contribution in [1.82, 2.24) is 29.6 Å².